The number of amides is 1. The summed E-state index contributed by atoms with van der Waals surface area (Å²) < 4.78 is 18.8. The molecule has 0 spiro atoms. The summed E-state index contributed by atoms with van der Waals surface area (Å²) in [6.07, 6.45) is 2.83. The van der Waals surface area contributed by atoms with Crippen LogP contribution in [-0.4, -0.2) is 34.3 Å². The van der Waals surface area contributed by atoms with Gasteiger partial charge in [0.1, 0.15) is 17.9 Å². The summed E-state index contributed by atoms with van der Waals surface area (Å²) >= 11 is 1.16. The lowest BCUT2D eigenvalue weighted by Gasteiger charge is -2.12. The highest BCUT2D eigenvalue weighted by atomic mass is 32.2. The summed E-state index contributed by atoms with van der Waals surface area (Å²) in [4.78, 5) is 40.5. The zero-order valence-corrected chi connectivity index (χ0v) is 14.4. The van der Waals surface area contributed by atoms with E-state index in [2.05, 4.69) is 10.3 Å². The Hall–Kier alpha value is -2.68. The Labute approximate surface area is 147 Å². The maximum atomic E-state index is 12.9. The molecular weight excluding hydrogens is 349 g/mol. The first-order valence-corrected chi connectivity index (χ1v) is 8.55. The Balaban J connectivity index is 2.26. The Morgan fingerprint density at radius 2 is 2.00 bits per heavy atom. The number of hydrogen-bond donors (Lipinski definition) is 1. The third-order valence-electron chi connectivity index (χ3n) is 3.12. The minimum Gasteiger partial charge on any atom is -0.462 e. The maximum absolute atomic E-state index is 12.9. The molecule has 25 heavy (non-hydrogen) atoms. The number of anilines is 1. The van der Waals surface area contributed by atoms with Gasteiger partial charge in [-0.3, -0.25) is 14.2 Å². The zero-order valence-electron chi connectivity index (χ0n) is 13.6. The van der Waals surface area contributed by atoms with Crippen LogP contribution in [0.1, 0.15) is 17.3 Å². The zero-order chi connectivity index (χ0) is 18.4. The topological polar surface area (TPSA) is 90.3 Å². The van der Waals surface area contributed by atoms with E-state index >= 15 is 0 Å². The molecule has 0 aliphatic heterocycles. The number of benzene rings is 1. The molecule has 0 fully saturated rings. The maximum Gasteiger partial charge on any atom is 0.345 e. The predicted octanol–water partition coefficient (Wildman–Crippen LogP) is 1.92. The van der Waals surface area contributed by atoms with Gasteiger partial charge in [-0.2, -0.15) is 0 Å². The second-order valence-electron chi connectivity index (χ2n) is 4.83. The minimum atomic E-state index is -0.791. The lowest BCUT2D eigenvalue weighted by atomic mass is 10.3. The van der Waals surface area contributed by atoms with E-state index in [0.717, 1.165) is 22.5 Å². The first-order valence-electron chi connectivity index (χ1n) is 7.32. The summed E-state index contributed by atoms with van der Waals surface area (Å²) in [6.45, 7) is 1.40. The third-order valence-corrected chi connectivity index (χ3v) is 3.81. The van der Waals surface area contributed by atoms with Crippen LogP contribution in [0.25, 0.3) is 0 Å². The van der Waals surface area contributed by atoms with E-state index in [9.17, 15) is 18.8 Å². The van der Waals surface area contributed by atoms with Crippen molar-refractivity contribution in [2.24, 2.45) is 0 Å². The van der Waals surface area contributed by atoms with Crippen LogP contribution in [0.2, 0.25) is 0 Å². The molecule has 0 aliphatic carbocycles. The van der Waals surface area contributed by atoms with Gasteiger partial charge in [-0.15, -0.1) is 0 Å². The van der Waals surface area contributed by atoms with Crippen LogP contribution in [0, 0.1) is 5.82 Å². The molecule has 132 valence electrons. The Morgan fingerprint density at radius 3 is 2.60 bits per heavy atom. The monoisotopic (exact) mass is 365 g/mol. The van der Waals surface area contributed by atoms with Crippen molar-refractivity contribution in [1.29, 1.82) is 0 Å². The first-order chi connectivity index (χ1) is 12.0. The molecule has 2 aromatic rings. The molecular formula is C16H16FN3O4S. The molecule has 0 atom stereocenters. The molecule has 2 rings (SSSR count). The molecule has 0 unspecified atom stereocenters. The number of carbonyl (C=O) groups excluding carboxylic acids is 2. The second-order valence-corrected chi connectivity index (χ2v) is 5.60. The number of carbonyl (C=O) groups is 2. The van der Waals surface area contributed by atoms with Crippen LogP contribution in [0.5, 0.6) is 0 Å². The number of esters is 1. The van der Waals surface area contributed by atoms with Gasteiger partial charge in [0.15, 0.2) is 5.16 Å². The Morgan fingerprint density at radius 1 is 1.32 bits per heavy atom. The van der Waals surface area contributed by atoms with Crippen LogP contribution in [-0.2, 0) is 16.1 Å². The highest BCUT2D eigenvalue weighted by molar-refractivity contribution is 7.98. The van der Waals surface area contributed by atoms with Crippen LogP contribution < -0.4 is 10.9 Å². The predicted molar refractivity (Wildman–Crippen MR) is 91.3 cm³/mol. The van der Waals surface area contributed by atoms with E-state index in [-0.39, 0.29) is 23.9 Å². The largest absolute Gasteiger partial charge is 0.462 e. The Bertz CT molecular complexity index is 836. The van der Waals surface area contributed by atoms with Crippen LogP contribution in [0.3, 0.4) is 0 Å². The van der Waals surface area contributed by atoms with Crippen molar-refractivity contribution in [3.8, 4) is 0 Å². The van der Waals surface area contributed by atoms with Crippen LogP contribution >= 0.6 is 11.8 Å². The summed E-state index contributed by atoms with van der Waals surface area (Å²) in [5, 5.41) is 2.84. The van der Waals surface area contributed by atoms with Gasteiger partial charge in [0.05, 0.1) is 12.8 Å². The molecule has 0 bridgehead atoms. The number of nitrogens with zero attached hydrogens (tertiary/aromatic N) is 2. The van der Waals surface area contributed by atoms with E-state index in [1.54, 1.807) is 13.2 Å². The average Bonchev–Trinajstić information content (AvgIpc) is 2.58. The molecule has 1 heterocycles. The smallest absolute Gasteiger partial charge is 0.345 e. The molecule has 0 saturated heterocycles. The van der Waals surface area contributed by atoms with Crippen molar-refractivity contribution in [3.05, 3.63) is 52.2 Å². The van der Waals surface area contributed by atoms with Gasteiger partial charge < -0.3 is 10.1 Å². The standard InChI is InChI=1S/C16H16FN3O4S/c1-3-24-15(23)12-8-18-16(25-2)20(14(12)22)9-13(21)19-11-6-4-10(17)5-7-11/h4-8H,3,9H2,1-2H3,(H,19,21). The highest BCUT2D eigenvalue weighted by Gasteiger charge is 2.18. The second kappa shape index (κ2) is 8.43. The molecule has 1 aromatic heterocycles. The quantitative estimate of drug-likeness (QED) is 0.478. The highest BCUT2D eigenvalue weighted by Crippen LogP contribution is 2.12. The first kappa shape index (κ1) is 18.7. The van der Waals surface area contributed by atoms with Crippen molar-refractivity contribution >= 4 is 29.3 Å². The van der Waals surface area contributed by atoms with Crippen molar-refractivity contribution in [2.75, 3.05) is 18.2 Å². The summed E-state index contributed by atoms with van der Waals surface area (Å²) in [6, 6.07) is 5.22. The fraction of sp³-hybridized carbons (Fsp3) is 0.250. The van der Waals surface area contributed by atoms with Gasteiger partial charge in [-0.1, -0.05) is 11.8 Å². The van der Waals surface area contributed by atoms with Crippen LogP contribution in [0.15, 0.2) is 40.4 Å². The van der Waals surface area contributed by atoms with Crippen molar-refractivity contribution in [2.45, 2.75) is 18.6 Å². The SMILES string of the molecule is CCOC(=O)c1cnc(SC)n(CC(=O)Nc2ccc(F)cc2)c1=O. The molecule has 9 heteroatoms. The number of halogens is 1. The fourth-order valence-electron chi connectivity index (χ4n) is 2.01. The molecule has 1 N–H and O–H groups in total. The third kappa shape index (κ3) is 4.66. The van der Waals surface area contributed by atoms with Gasteiger partial charge in [-0.25, -0.2) is 14.2 Å². The molecule has 0 aliphatic rings. The number of aromatic nitrogens is 2. The fourth-order valence-corrected chi connectivity index (χ4v) is 2.53. The van der Waals surface area contributed by atoms with E-state index < -0.39 is 23.3 Å². The van der Waals surface area contributed by atoms with E-state index in [1.165, 1.54) is 24.3 Å². The lowest BCUT2D eigenvalue weighted by Crippen LogP contribution is -2.33. The molecule has 0 radical (unpaired) electrons. The molecule has 1 amide bonds. The summed E-state index contributed by atoms with van der Waals surface area (Å²) in [5.41, 5.74) is -0.513. The molecule has 1 aromatic carbocycles. The van der Waals surface area contributed by atoms with Gasteiger partial charge in [0.2, 0.25) is 5.91 Å². The van der Waals surface area contributed by atoms with E-state index in [0.29, 0.717) is 5.69 Å². The van der Waals surface area contributed by atoms with Crippen molar-refractivity contribution < 1.29 is 18.7 Å². The Kier molecular flexibility index (Phi) is 6.29. The number of thioether (sulfide) groups is 1. The lowest BCUT2D eigenvalue weighted by molar-refractivity contribution is -0.116. The summed E-state index contributed by atoms with van der Waals surface area (Å²) in [7, 11) is 0. The number of nitrogens with one attached hydrogen (secondary N) is 1. The van der Waals surface area contributed by atoms with Gasteiger partial charge in [-0.05, 0) is 37.4 Å². The van der Waals surface area contributed by atoms with Gasteiger partial charge in [0, 0.05) is 5.69 Å². The average molecular weight is 365 g/mol. The number of ether oxygens (including phenoxy) is 1. The van der Waals surface area contributed by atoms with Crippen molar-refractivity contribution in [1.82, 2.24) is 9.55 Å². The number of hydrogen-bond acceptors (Lipinski definition) is 6. The van der Waals surface area contributed by atoms with Gasteiger partial charge in [0.25, 0.3) is 5.56 Å². The molecule has 7 nitrogen and oxygen atoms in total. The van der Waals surface area contributed by atoms with E-state index in [1.807, 2.05) is 0 Å². The summed E-state index contributed by atoms with van der Waals surface area (Å²) in [5.74, 6) is -1.72. The number of rotatable bonds is 6. The normalized spacial score (nSPS) is 10.4. The van der Waals surface area contributed by atoms with E-state index in [4.69, 9.17) is 4.74 Å². The molecule has 0 saturated carbocycles. The van der Waals surface area contributed by atoms with Crippen LogP contribution in [0.4, 0.5) is 10.1 Å². The minimum absolute atomic E-state index is 0.119. The van der Waals surface area contributed by atoms with Gasteiger partial charge >= 0.3 is 5.97 Å². The van der Waals surface area contributed by atoms with Crippen molar-refractivity contribution in [3.63, 3.8) is 0 Å².